The summed E-state index contributed by atoms with van der Waals surface area (Å²) in [5.74, 6) is -1.32. The Balaban J connectivity index is 0.00000176. The minimum Gasteiger partial charge on any atom is -0.317 e. The molecule has 0 aliphatic carbocycles. The lowest BCUT2D eigenvalue weighted by molar-refractivity contribution is -0.139. The van der Waals surface area contributed by atoms with E-state index in [0.717, 1.165) is 12.1 Å². The van der Waals surface area contributed by atoms with E-state index >= 15 is 0 Å². The van der Waals surface area contributed by atoms with Gasteiger partial charge < -0.3 is 4.90 Å². The molecule has 1 atom stereocenters. The molecule has 27 heavy (non-hydrogen) atoms. The molecule has 7 heteroatoms. The summed E-state index contributed by atoms with van der Waals surface area (Å²) in [7, 11) is 0. The van der Waals surface area contributed by atoms with Crippen molar-refractivity contribution in [3.63, 3.8) is 0 Å². The molecule has 1 aliphatic rings. The zero-order valence-electron chi connectivity index (χ0n) is 15.7. The van der Waals surface area contributed by atoms with Crippen LogP contribution in [0.25, 0.3) is 0 Å². The summed E-state index contributed by atoms with van der Waals surface area (Å²) in [5.41, 5.74) is -0.0598. The molecule has 1 heterocycles. The Morgan fingerprint density at radius 1 is 1.33 bits per heavy atom. The SMILES string of the molecule is C=C(C)N(/C(=C\C)C1CC(Cl)=CC=N1)c1ccc(F)c(C(F)(F)F)c1.CC. The predicted molar refractivity (Wildman–Crippen MR) is 105 cm³/mol. The Hall–Kier alpha value is -2.08. The summed E-state index contributed by atoms with van der Waals surface area (Å²) < 4.78 is 52.7. The average molecular weight is 403 g/mol. The molecule has 1 aliphatic heterocycles. The van der Waals surface area contributed by atoms with Gasteiger partial charge in [-0.2, -0.15) is 13.2 Å². The van der Waals surface area contributed by atoms with E-state index in [4.69, 9.17) is 11.6 Å². The maximum absolute atomic E-state index is 13.6. The smallest absolute Gasteiger partial charge is 0.317 e. The molecule has 0 fully saturated rings. The Morgan fingerprint density at radius 2 is 1.96 bits per heavy atom. The molecular weight excluding hydrogens is 380 g/mol. The second kappa shape index (κ2) is 9.74. The van der Waals surface area contributed by atoms with Crippen LogP contribution in [-0.2, 0) is 6.18 Å². The normalized spacial score (nSPS) is 17.0. The maximum Gasteiger partial charge on any atom is 0.419 e. The molecule has 0 amide bonds. The summed E-state index contributed by atoms with van der Waals surface area (Å²) in [6.45, 7) is 11.2. The number of alkyl halides is 3. The van der Waals surface area contributed by atoms with Gasteiger partial charge in [-0.05, 0) is 38.1 Å². The van der Waals surface area contributed by atoms with Crippen molar-refractivity contribution in [2.75, 3.05) is 4.90 Å². The van der Waals surface area contributed by atoms with Gasteiger partial charge in [0, 0.05) is 34.7 Å². The third-order valence-corrected chi connectivity index (χ3v) is 3.98. The van der Waals surface area contributed by atoms with E-state index in [9.17, 15) is 17.6 Å². The van der Waals surface area contributed by atoms with Crippen LogP contribution < -0.4 is 4.90 Å². The Morgan fingerprint density at radius 3 is 2.44 bits per heavy atom. The van der Waals surface area contributed by atoms with E-state index in [1.54, 1.807) is 32.2 Å². The highest BCUT2D eigenvalue weighted by Crippen LogP contribution is 2.37. The lowest BCUT2D eigenvalue weighted by Crippen LogP contribution is -2.29. The molecule has 1 aromatic carbocycles. The van der Waals surface area contributed by atoms with E-state index in [1.165, 1.54) is 11.0 Å². The summed E-state index contributed by atoms with van der Waals surface area (Å²) >= 11 is 6.05. The van der Waals surface area contributed by atoms with Gasteiger partial charge in [0.1, 0.15) is 5.82 Å². The number of halogens is 5. The highest BCUT2D eigenvalue weighted by Gasteiger charge is 2.35. The van der Waals surface area contributed by atoms with E-state index in [2.05, 4.69) is 11.6 Å². The van der Waals surface area contributed by atoms with Crippen LogP contribution in [-0.4, -0.2) is 12.3 Å². The lowest BCUT2D eigenvalue weighted by atomic mass is 10.0. The molecule has 2 nitrogen and oxygen atoms in total. The van der Waals surface area contributed by atoms with Crippen LogP contribution in [0.5, 0.6) is 0 Å². The van der Waals surface area contributed by atoms with Gasteiger partial charge >= 0.3 is 6.18 Å². The standard InChI is InChI=1S/C18H17ClF4N2.C2H6/c1-4-17(16-9-12(19)7-8-24-16)25(11(2)3)13-5-6-15(20)14(10-13)18(21,22)23;1-2/h4-8,10,16H,2,9H2,1,3H3;1-2H3/b17-4-;. The van der Waals surface area contributed by atoms with Crippen LogP contribution in [0.1, 0.15) is 39.7 Å². The molecule has 0 bridgehead atoms. The van der Waals surface area contributed by atoms with Gasteiger partial charge in [0.2, 0.25) is 0 Å². The van der Waals surface area contributed by atoms with Crippen LogP contribution in [0.4, 0.5) is 23.2 Å². The van der Waals surface area contributed by atoms with Crippen molar-refractivity contribution in [2.45, 2.75) is 46.3 Å². The Bertz CT molecular complexity index is 764. The van der Waals surface area contributed by atoms with Gasteiger partial charge in [-0.25, -0.2) is 4.39 Å². The van der Waals surface area contributed by atoms with Gasteiger partial charge in [-0.1, -0.05) is 38.1 Å². The topological polar surface area (TPSA) is 15.6 Å². The van der Waals surface area contributed by atoms with Crippen molar-refractivity contribution in [1.82, 2.24) is 0 Å². The zero-order chi connectivity index (χ0) is 20.8. The number of dihydropyridines is 1. The Labute approximate surface area is 162 Å². The van der Waals surface area contributed by atoms with Crippen LogP contribution in [0.3, 0.4) is 0 Å². The second-order valence-electron chi connectivity index (χ2n) is 5.58. The van der Waals surface area contributed by atoms with E-state index in [-0.39, 0.29) is 11.7 Å². The first kappa shape index (κ1) is 23.0. The number of benzene rings is 1. The number of aliphatic imine (C=N–C) groups is 1. The van der Waals surface area contributed by atoms with Crippen molar-refractivity contribution >= 4 is 23.5 Å². The zero-order valence-corrected chi connectivity index (χ0v) is 16.5. The Kier molecular flexibility index (Phi) is 8.28. The number of allylic oxidation sites excluding steroid dienone is 3. The van der Waals surface area contributed by atoms with E-state index in [0.29, 0.717) is 22.8 Å². The van der Waals surface area contributed by atoms with Crippen LogP contribution in [0, 0.1) is 5.82 Å². The minimum atomic E-state index is -4.79. The lowest BCUT2D eigenvalue weighted by Gasteiger charge is -2.32. The molecule has 1 aromatic rings. The number of nitrogens with zero attached hydrogens (tertiary/aromatic N) is 2. The predicted octanol–water partition coefficient (Wildman–Crippen LogP) is 7.08. The van der Waals surface area contributed by atoms with Crippen molar-refractivity contribution in [3.8, 4) is 0 Å². The molecule has 2 rings (SSSR count). The summed E-state index contributed by atoms with van der Waals surface area (Å²) in [5, 5.41) is 0.594. The first-order valence-corrected chi connectivity index (χ1v) is 8.89. The molecule has 1 unspecified atom stereocenters. The highest BCUT2D eigenvalue weighted by atomic mass is 35.5. The fourth-order valence-electron chi connectivity index (χ4n) is 2.64. The monoisotopic (exact) mass is 402 g/mol. The largest absolute Gasteiger partial charge is 0.419 e. The number of rotatable bonds is 4. The van der Waals surface area contributed by atoms with Crippen LogP contribution in [0.2, 0.25) is 0 Å². The van der Waals surface area contributed by atoms with Crippen LogP contribution in [0.15, 0.2) is 58.3 Å². The van der Waals surface area contributed by atoms with E-state index < -0.39 is 17.6 Å². The number of hydrogen-bond donors (Lipinski definition) is 0. The molecule has 0 radical (unpaired) electrons. The van der Waals surface area contributed by atoms with Crippen molar-refractivity contribution in [3.05, 3.63) is 64.7 Å². The van der Waals surface area contributed by atoms with Crippen molar-refractivity contribution < 1.29 is 17.6 Å². The molecule has 0 saturated heterocycles. The van der Waals surface area contributed by atoms with E-state index in [1.807, 2.05) is 13.8 Å². The van der Waals surface area contributed by atoms with Gasteiger partial charge in [0.25, 0.3) is 0 Å². The molecular formula is C20H23ClF4N2. The summed E-state index contributed by atoms with van der Waals surface area (Å²) in [6.07, 6.45) is 0.599. The average Bonchev–Trinajstić information content (AvgIpc) is 2.60. The quantitative estimate of drug-likeness (QED) is 0.491. The molecule has 0 N–H and O–H groups in total. The van der Waals surface area contributed by atoms with Crippen molar-refractivity contribution in [1.29, 1.82) is 0 Å². The maximum atomic E-state index is 13.6. The minimum absolute atomic E-state index is 0.162. The molecule has 0 spiro atoms. The fraction of sp³-hybridized carbons (Fsp3) is 0.350. The molecule has 0 aromatic heterocycles. The summed E-state index contributed by atoms with van der Waals surface area (Å²) in [4.78, 5) is 5.87. The molecule has 0 saturated carbocycles. The van der Waals surface area contributed by atoms with Crippen LogP contribution >= 0.6 is 11.6 Å². The van der Waals surface area contributed by atoms with Gasteiger partial charge in [0.05, 0.1) is 11.6 Å². The third-order valence-electron chi connectivity index (χ3n) is 3.70. The first-order chi connectivity index (χ1) is 12.6. The third kappa shape index (κ3) is 5.70. The van der Waals surface area contributed by atoms with Gasteiger partial charge in [0.15, 0.2) is 0 Å². The highest BCUT2D eigenvalue weighted by molar-refractivity contribution is 6.30. The number of anilines is 1. The summed E-state index contributed by atoms with van der Waals surface area (Å²) in [6, 6.07) is 2.50. The first-order valence-electron chi connectivity index (χ1n) is 8.51. The van der Waals surface area contributed by atoms with Crippen molar-refractivity contribution in [2.24, 2.45) is 4.99 Å². The van der Waals surface area contributed by atoms with Gasteiger partial charge in [-0.3, -0.25) is 4.99 Å². The van der Waals surface area contributed by atoms with Gasteiger partial charge in [-0.15, -0.1) is 0 Å². The fourth-order valence-corrected chi connectivity index (χ4v) is 2.85. The second-order valence-corrected chi connectivity index (χ2v) is 6.06. The molecule has 148 valence electrons. The number of hydrogen-bond acceptors (Lipinski definition) is 2.